The Morgan fingerprint density at radius 2 is 1.67 bits per heavy atom. The minimum Gasteiger partial charge on any atom is -0.373 e. The smallest absolute Gasteiger partial charge is 0.0678 e. The maximum Gasteiger partial charge on any atom is 0.0678 e. The fourth-order valence-corrected chi connectivity index (χ4v) is 3.72. The molecule has 118 valence electrons. The predicted molar refractivity (Wildman–Crippen MR) is 92.3 cm³/mol. The molecule has 1 aliphatic heterocycles. The van der Waals surface area contributed by atoms with Crippen molar-refractivity contribution in [3.05, 3.63) is 29.8 Å². The Balaban J connectivity index is 1.78. The molecule has 0 saturated carbocycles. The molecule has 0 radical (unpaired) electrons. The number of morpholine rings is 1. The summed E-state index contributed by atoms with van der Waals surface area (Å²) in [4.78, 5) is 3.90. The van der Waals surface area contributed by atoms with Gasteiger partial charge in [0.05, 0.1) is 12.2 Å². The van der Waals surface area contributed by atoms with Gasteiger partial charge in [0.25, 0.3) is 0 Å². The highest BCUT2D eigenvalue weighted by molar-refractivity contribution is 7.99. The molecule has 1 fully saturated rings. The highest BCUT2D eigenvalue weighted by Crippen LogP contribution is 2.25. The van der Waals surface area contributed by atoms with Gasteiger partial charge < -0.3 is 4.74 Å². The van der Waals surface area contributed by atoms with Crippen LogP contribution in [-0.4, -0.2) is 42.5 Å². The molecule has 0 amide bonds. The molecule has 1 aromatic rings. The molecule has 0 spiro atoms. The van der Waals surface area contributed by atoms with Gasteiger partial charge in [-0.05, 0) is 37.0 Å². The van der Waals surface area contributed by atoms with Gasteiger partial charge in [0, 0.05) is 30.3 Å². The monoisotopic (exact) mass is 307 g/mol. The second-order valence-corrected chi connectivity index (χ2v) is 8.31. The third-order valence-corrected chi connectivity index (χ3v) is 4.88. The van der Waals surface area contributed by atoms with Crippen molar-refractivity contribution in [2.45, 2.75) is 57.1 Å². The molecule has 2 atom stereocenters. The molecule has 0 aliphatic carbocycles. The minimum atomic E-state index is 0.239. The van der Waals surface area contributed by atoms with Crippen molar-refractivity contribution in [2.24, 2.45) is 0 Å². The summed E-state index contributed by atoms with van der Waals surface area (Å²) < 4.78 is 5.78. The molecule has 1 aromatic carbocycles. The van der Waals surface area contributed by atoms with E-state index in [0.29, 0.717) is 12.2 Å². The fourth-order valence-electron chi connectivity index (χ4n) is 2.81. The summed E-state index contributed by atoms with van der Waals surface area (Å²) in [6.45, 7) is 14.4. The highest BCUT2D eigenvalue weighted by atomic mass is 32.2. The van der Waals surface area contributed by atoms with Crippen LogP contribution in [0.25, 0.3) is 0 Å². The molecular weight excluding hydrogens is 278 g/mol. The first kappa shape index (κ1) is 16.9. The summed E-state index contributed by atoms with van der Waals surface area (Å²) in [5.41, 5.74) is 1.64. The Bertz CT molecular complexity index is 428. The van der Waals surface area contributed by atoms with Crippen LogP contribution in [0.15, 0.2) is 29.2 Å². The number of thioether (sulfide) groups is 1. The number of nitrogens with zero attached hydrogens (tertiary/aromatic N) is 1. The molecule has 2 nitrogen and oxygen atoms in total. The van der Waals surface area contributed by atoms with E-state index in [0.717, 1.165) is 25.4 Å². The van der Waals surface area contributed by atoms with Gasteiger partial charge in [-0.3, -0.25) is 4.90 Å². The lowest BCUT2D eigenvalue weighted by atomic mass is 9.87. The SMILES string of the molecule is CC1CN(CCSc2ccc(C(C)(C)C)cc2)CC(C)O1. The minimum absolute atomic E-state index is 0.239. The first-order valence-corrected chi connectivity index (χ1v) is 8.94. The maximum atomic E-state index is 5.78. The van der Waals surface area contributed by atoms with Crippen LogP contribution in [0.5, 0.6) is 0 Å². The summed E-state index contributed by atoms with van der Waals surface area (Å²) in [6.07, 6.45) is 0.731. The normalized spacial score (nSPS) is 24.2. The van der Waals surface area contributed by atoms with Gasteiger partial charge in [0.2, 0.25) is 0 Å². The third kappa shape index (κ3) is 5.32. The van der Waals surface area contributed by atoms with E-state index >= 15 is 0 Å². The van der Waals surface area contributed by atoms with Gasteiger partial charge in [-0.1, -0.05) is 32.9 Å². The van der Waals surface area contributed by atoms with Crippen LogP contribution < -0.4 is 0 Å². The Kier molecular flexibility index (Phi) is 5.75. The lowest BCUT2D eigenvalue weighted by molar-refractivity contribution is -0.0661. The molecule has 1 heterocycles. The van der Waals surface area contributed by atoms with Gasteiger partial charge in [-0.25, -0.2) is 0 Å². The van der Waals surface area contributed by atoms with Crippen LogP contribution in [0.3, 0.4) is 0 Å². The van der Waals surface area contributed by atoms with E-state index in [1.54, 1.807) is 0 Å². The van der Waals surface area contributed by atoms with Gasteiger partial charge in [0.15, 0.2) is 0 Å². The standard InChI is InChI=1S/C18H29NOS/c1-14-12-19(13-15(2)20-14)10-11-21-17-8-6-16(7-9-17)18(3,4)5/h6-9,14-15H,10-13H2,1-5H3. The van der Waals surface area contributed by atoms with Crippen LogP contribution in [0.4, 0.5) is 0 Å². The topological polar surface area (TPSA) is 12.5 Å². The molecular formula is C18H29NOS. The van der Waals surface area contributed by atoms with Crippen molar-refractivity contribution in [2.75, 3.05) is 25.4 Å². The van der Waals surface area contributed by atoms with E-state index in [1.807, 2.05) is 11.8 Å². The molecule has 1 aliphatic rings. The zero-order chi connectivity index (χ0) is 15.5. The van der Waals surface area contributed by atoms with Crippen LogP contribution in [0.2, 0.25) is 0 Å². The van der Waals surface area contributed by atoms with Crippen LogP contribution in [-0.2, 0) is 10.2 Å². The zero-order valence-corrected chi connectivity index (χ0v) is 14.9. The summed E-state index contributed by atoms with van der Waals surface area (Å²) in [7, 11) is 0. The molecule has 1 saturated heterocycles. The van der Waals surface area contributed by atoms with Gasteiger partial charge in [-0.2, -0.15) is 0 Å². The quantitative estimate of drug-likeness (QED) is 0.774. The van der Waals surface area contributed by atoms with E-state index in [4.69, 9.17) is 4.74 Å². The molecule has 3 heteroatoms. The van der Waals surface area contributed by atoms with Crippen LogP contribution >= 0.6 is 11.8 Å². The van der Waals surface area contributed by atoms with E-state index in [2.05, 4.69) is 63.8 Å². The average Bonchev–Trinajstić information content (AvgIpc) is 2.37. The summed E-state index contributed by atoms with van der Waals surface area (Å²) >= 11 is 1.95. The Hall–Kier alpha value is -0.510. The van der Waals surface area contributed by atoms with Crippen molar-refractivity contribution < 1.29 is 4.74 Å². The van der Waals surface area contributed by atoms with E-state index in [9.17, 15) is 0 Å². The Morgan fingerprint density at radius 1 is 1.10 bits per heavy atom. The first-order chi connectivity index (χ1) is 9.84. The largest absolute Gasteiger partial charge is 0.373 e. The fraction of sp³-hybridized carbons (Fsp3) is 0.667. The van der Waals surface area contributed by atoms with Crippen molar-refractivity contribution >= 4 is 11.8 Å². The molecule has 0 aromatic heterocycles. The third-order valence-electron chi connectivity index (χ3n) is 3.89. The van der Waals surface area contributed by atoms with Crippen molar-refractivity contribution in [3.63, 3.8) is 0 Å². The van der Waals surface area contributed by atoms with Gasteiger partial charge in [-0.15, -0.1) is 11.8 Å². The molecule has 2 rings (SSSR count). The number of hydrogen-bond donors (Lipinski definition) is 0. The second kappa shape index (κ2) is 7.17. The highest BCUT2D eigenvalue weighted by Gasteiger charge is 2.21. The van der Waals surface area contributed by atoms with Gasteiger partial charge >= 0.3 is 0 Å². The number of ether oxygens (including phenoxy) is 1. The molecule has 0 N–H and O–H groups in total. The number of rotatable bonds is 4. The van der Waals surface area contributed by atoms with E-state index < -0.39 is 0 Å². The lowest BCUT2D eigenvalue weighted by Gasteiger charge is -2.35. The van der Waals surface area contributed by atoms with E-state index in [-0.39, 0.29) is 5.41 Å². The van der Waals surface area contributed by atoms with Crippen molar-refractivity contribution in [1.29, 1.82) is 0 Å². The van der Waals surface area contributed by atoms with Crippen LogP contribution in [0.1, 0.15) is 40.2 Å². The van der Waals surface area contributed by atoms with Gasteiger partial charge in [0.1, 0.15) is 0 Å². The first-order valence-electron chi connectivity index (χ1n) is 7.96. The van der Waals surface area contributed by atoms with Crippen molar-refractivity contribution in [3.8, 4) is 0 Å². The molecule has 0 bridgehead atoms. The Labute approximate surface area is 134 Å². The Morgan fingerprint density at radius 3 is 2.19 bits per heavy atom. The van der Waals surface area contributed by atoms with Crippen LogP contribution in [0, 0.1) is 0 Å². The maximum absolute atomic E-state index is 5.78. The lowest BCUT2D eigenvalue weighted by Crippen LogP contribution is -2.46. The number of hydrogen-bond acceptors (Lipinski definition) is 3. The summed E-state index contributed by atoms with van der Waals surface area (Å²) in [5.74, 6) is 1.15. The average molecular weight is 308 g/mol. The summed E-state index contributed by atoms with van der Waals surface area (Å²) in [5, 5.41) is 0. The summed E-state index contributed by atoms with van der Waals surface area (Å²) in [6, 6.07) is 9.05. The molecule has 2 unspecified atom stereocenters. The number of benzene rings is 1. The molecule has 21 heavy (non-hydrogen) atoms. The van der Waals surface area contributed by atoms with Crippen molar-refractivity contribution in [1.82, 2.24) is 4.90 Å². The zero-order valence-electron chi connectivity index (χ0n) is 14.1. The van der Waals surface area contributed by atoms with E-state index in [1.165, 1.54) is 10.5 Å². The predicted octanol–water partition coefficient (Wildman–Crippen LogP) is 4.19. The second-order valence-electron chi connectivity index (χ2n) is 7.14.